The number of hydrogen-bond acceptors (Lipinski definition) is 4. The summed E-state index contributed by atoms with van der Waals surface area (Å²) >= 11 is 0. The Morgan fingerprint density at radius 2 is 1.36 bits per heavy atom. The highest BCUT2D eigenvalue weighted by Gasteiger charge is 2.32. The zero-order chi connectivity index (χ0) is 26.2. The van der Waals surface area contributed by atoms with Crippen LogP contribution in [0.4, 0.5) is 5.69 Å². The third-order valence-electron chi connectivity index (χ3n) is 6.65. The van der Waals surface area contributed by atoms with Gasteiger partial charge in [-0.2, -0.15) is 15.2 Å². The normalized spacial score (nSPS) is 14.4. The van der Waals surface area contributed by atoms with Gasteiger partial charge in [0.1, 0.15) is 17.0 Å². The molecule has 39 heavy (non-hydrogen) atoms. The molecule has 1 aliphatic heterocycles. The molecule has 7 rings (SSSR count). The zero-order valence-corrected chi connectivity index (χ0v) is 20.8. The molecule has 0 bridgehead atoms. The van der Waals surface area contributed by atoms with E-state index < -0.39 is 0 Å². The fraction of sp³-hybridized carbons (Fsp3) is 0. The number of nitrogens with zero attached hydrogens (tertiary/aromatic N) is 4. The van der Waals surface area contributed by atoms with Crippen molar-refractivity contribution in [3.8, 4) is 17.1 Å². The van der Waals surface area contributed by atoms with Crippen LogP contribution in [-0.4, -0.2) is 21.4 Å². The third kappa shape index (κ3) is 4.14. The fourth-order valence-corrected chi connectivity index (χ4v) is 4.75. The number of hydrazone groups is 1. The van der Waals surface area contributed by atoms with E-state index in [4.69, 9.17) is 14.6 Å². The Kier molecular flexibility index (Phi) is 5.49. The van der Waals surface area contributed by atoms with Gasteiger partial charge in [-0.1, -0.05) is 84.9 Å². The second kappa shape index (κ2) is 9.43. The Balaban J connectivity index is 1.41. The summed E-state index contributed by atoms with van der Waals surface area (Å²) < 4.78 is 8.01. The highest BCUT2D eigenvalue weighted by molar-refractivity contribution is 6.37. The molecule has 6 aromatic rings. The van der Waals surface area contributed by atoms with Crippen LogP contribution in [0.5, 0.6) is 0 Å². The summed E-state index contributed by atoms with van der Waals surface area (Å²) in [6, 6.07) is 38.9. The number of carbonyl (C=O) groups excluding carboxylic acids is 1. The van der Waals surface area contributed by atoms with Crippen LogP contribution in [-0.2, 0) is 4.79 Å². The quantitative estimate of drug-likeness (QED) is 0.234. The Labute approximate surface area is 224 Å². The largest absolute Gasteiger partial charge is 0.454 e. The van der Waals surface area contributed by atoms with Crippen molar-refractivity contribution >= 4 is 34.4 Å². The van der Waals surface area contributed by atoms with Gasteiger partial charge in [0.25, 0.3) is 5.91 Å². The number of benzene rings is 4. The number of fused-ring (bicyclic) bond motifs is 1. The molecule has 0 N–H and O–H groups in total. The van der Waals surface area contributed by atoms with E-state index in [1.165, 1.54) is 5.01 Å². The van der Waals surface area contributed by atoms with Gasteiger partial charge in [-0.15, -0.1) is 0 Å². The van der Waals surface area contributed by atoms with Crippen molar-refractivity contribution < 1.29 is 9.21 Å². The predicted molar refractivity (Wildman–Crippen MR) is 154 cm³/mol. The van der Waals surface area contributed by atoms with Gasteiger partial charge in [0.15, 0.2) is 5.76 Å². The molecule has 4 aromatic carbocycles. The first-order valence-electron chi connectivity index (χ1n) is 12.6. The van der Waals surface area contributed by atoms with Crippen LogP contribution in [0.1, 0.15) is 11.1 Å². The summed E-state index contributed by atoms with van der Waals surface area (Å²) in [6.07, 6.45) is 3.79. The monoisotopic (exact) mass is 506 g/mol. The SMILES string of the molecule is O=C1C(=Cc2cn(-c3ccccc3)nc2-c2cc3ccccc3o2)C(c2ccccc2)=NN1c1ccccc1. The lowest BCUT2D eigenvalue weighted by atomic mass is 10.00. The number of rotatable bonds is 5. The molecular formula is C33H22N4O2. The molecule has 6 nitrogen and oxygen atoms in total. The molecule has 0 saturated carbocycles. The van der Waals surface area contributed by atoms with Crippen molar-refractivity contribution in [2.45, 2.75) is 0 Å². The number of furan rings is 1. The fourth-order valence-electron chi connectivity index (χ4n) is 4.75. The van der Waals surface area contributed by atoms with Crippen molar-refractivity contribution in [3.05, 3.63) is 144 Å². The van der Waals surface area contributed by atoms with Crippen molar-refractivity contribution in [1.29, 1.82) is 0 Å². The summed E-state index contributed by atoms with van der Waals surface area (Å²) in [7, 11) is 0. The summed E-state index contributed by atoms with van der Waals surface area (Å²) in [5.41, 5.74) is 5.72. The molecule has 0 unspecified atom stereocenters. The molecule has 0 spiro atoms. The molecule has 1 aliphatic rings. The van der Waals surface area contributed by atoms with Gasteiger partial charge < -0.3 is 4.42 Å². The second-order valence-electron chi connectivity index (χ2n) is 9.19. The van der Waals surface area contributed by atoms with Crippen LogP contribution in [0.25, 0.3) is 34.2 Å². The number of aromatic nitrogens is 2. The number of amides is 1. The lowest BCUT2D eigenvalue weighted by Crippen LogP contribution is -2.21. The average molecular weight is 507 g/mol. The van der Waals surface area contributed by atoms with E-state index in [9.17, 15) is 4.79 Å². The van der Waals surface area contributed by atoms with Crippen molar-refractivity contribution in [2.24, 2.45) is 5.10 Å². The van der Waals surface area contributed by atoms with Gasteiger partial charge in [0.2, 0.25) is 0 Å². The number of hydrogen-bond donors (Lipinski definition) is 0. The molecule has 6 heteroatoms. The van der Waals surface area contributed by atoms with Gasteiger partial charge in [-0.3, -0.25) is 4.79 Å². The predicted octanol–water partition coefficient (Wildman–Crippen LogP) is 7.12. The molecular weight excluding hydrogens is 484 g/mol. The molecule has 0 aliphatic carbocycles. The Hall–Kier alpha value is -5.49. The van der Waals surface area contributed by atoms with E-state index in [0.29, 0.717) is 28.4 Å². The lowest BCUT2D eigenvalue weighted by Gasteiger charge is -2.10. The summed E-state index contributed by atoms with van der Waals surface area (Å²) in [4.78, 5) is 13.9. The minimum atomic E-state index is -0.205. The topological polar surface area (TPSA) is 63.6 Å². The van der Waals surface area contributed by atoms with Gasteiger partial charge in [0, 0.05) is 22.7 Å². The summed E-state index contributed by atoms with van der Waals surface area (Å²) in [5, 5.41) is 12.1. The van der Waals surface area contributed by atoms with Gasteiger partial charge in [-0.05, 0) is 42.5 Å². The van der Waals surface area contributed by atoms with E-state index in [1.54, 1.807) is 0 Å². The van der Waals surface area contributed by atoms with Crippen LogP contribution in [0.3, 0.4) is 0 Å². The summed E-state index contributed by atoms with van der Waals surface area (Å²) in [5.74, 6) is 0.421. The van der Waals surface area contributed by atoms with Crippen molar-refractivity contribution in [3.63, 3.8) is 0 Å². The van der Waals surface area contributed by atoms with Gasteiger partial charge >= 0.3 is 0 Å². The van der Waals surface area contributed by atoms with Gasteiger partial charge in [0.05, 0.1) is 16.9 Å². The molecule has 2 aromatic heterocycles. The highest BCUT2D eigenvalue weighted by atomic mass is 16.3. The standard InChI is InChI=1S/C33H22N4O2/c38-33-28(31(23-12-4-1-5-13-23)35-37(33)27-17-8-3-9-18-27)20-25-22-36(26-15-6-2-7-16-26)34-32(25)30-21-24-14-10-11-19-29(24)39-30/h1-22H. The number of para-hydroxylation sites is 3. The maximum absolute atomic E-state index is 13.9. The maximum atomic E-state index is 13.9. The first-order valence-corrected chi connectivity index (χ1v) is 12.6. The van der Waals surface area contributed by atoms with E-state index in [0.717, 1.165) is 27.8 Å². The Morgan fingerprint density at radius 3 is 2.08 bits per heavy atom. The Bertz CT molecular complexity index is 1830. The molecule has 186 valence electrons. The third-order valence-corrected chi connectivity index (χ3v) is 6.65. The van der Waals surface area contributed by atoms with Crippen LogP contribution < -0.4 is 5.01 Å². The molecule has 1 amide bonds. The van der Waals surface area contributed by atoms with Crippen LogP contribution in [0.2, 0.25) is 0 Å². The van der Waals surface area contributed by atoms with Crippen LogP contribution >= 0.6 is 0 Å². The van der Waals surface area contributed by atoms with Gasteiger partial charge in [-0.25, -0.2) is 4.68 Å². The van der Waals surface area contributed by atoms with E-state index in [2.05, 4.69) is 0 Å². The minimum absolute atomic E-state index is 0.205. The molecule has 0 fully saturated rings. The van der Waals surface area contributed by atoms with Crippen molar-refractivity contribution in [1.82, 2.24) is 9.78 Å². The van der Waals surface area contributed by atoms with Crippen LogP contribution in [0, 0.1) is 0 Å². The van der Waals surface area contributed by atoms with E-state index in [1.807, 2.05) is 138 Å². The second-order valence-corrected chi connectivity index (χ2v) is 9.19. The molecule has 0 radical (unpaired) electrons. The minimum Gasteiger partial charge on any atom is -0.454 e. The Morgan fingerprint density at radius 1 is 0.718 bits per heavy atom. The smallest absolute Gasteiger partial charge is 0.281 e. The summed E-state index contributed by atoms with van der Waals surface area (Å²) in [6.45, 7) is 0. The highest BCUT2D eigenvalue weighted by Crippen LogP contribution is 2.33. The number of anilines is 1. The van der Waals surface area contributed by atoms with E-state index >= 15 is 0 Å². The van der Waals surface area contributed by atoms with Crippen LogP contribution in [0.15, 0.2) is 143 Å². The molecule has 0 atom stereocenters. The molecule has 3 heterocycles. The van der Waals surface area contributed by atoms with E-state index in [-0.39, 0.29) is 5.91 Å². The molecule has 0 saturated heterocycles. The number of carbonyl (C=O) groups is 1. The lowest BCUT2D eigenvalue weighted by molar-refractivity contribution is -0.114. The van der Waals surface area contributed by atoms with Crippen molar-refractivity contribution in [2.75, 3.05) is 5.01 Å². The first-order chi connectivity index (χ1) is 19.2. The zero-order valence-electron chi connectivity index (χ0n) is 20.8. The maximum Gasteiger partial charge on any atom is 0.281 e. The average Bonchev–Trinajstić information content (AvgIpc) is 3.70. The first kappa shape index (κ1) is 22.7.